The van der Waals surface area contributed by atoms with Crippen molar-refractivity contribution in [2.45, 2.75) is 31.6 Å². The predicted octanol–water partition coefficient (Wildman–Crippen LogP) is 2.04. The van der Waals surface area contributed by atoms with Crippen molar-refractivity contribution in [3.8, 4) is 5.69 Å². The van der Waals surface area contributed by atoms with Crippen LogP contribution in [0.25, 0.3) is 5.69 Å². The van der Waals surface area contributed by atoms with Gasteiger partial charge in [0.2, 0.25) is 11.9 Å². The lowest BCUT2D eigenvalue weighted by molar-refractivity contribution is -0.116. The number of hydrogen-bond donors (Lipinski definition) is 2. The summed E-state index contributed by atoms with van der Waals surface area (Å²) in [7, 11) is 1.82. The highest BCUT2D eigenvalue weighted by atomic mass is 16.1. The van der Waals surface area contributed by atoms with Crippen LogP contribution in [0.2, 0.25) is 0 Å². The smallest absolute Gasteiger partial charge is 0.227 e. The third-order valence-electron chi connectivity index (χ3n) is 5.03. The second-order valence-corrected chi connectivity index (χ2v) is 7.12. The Morgan fingerprint density at radius 2 is 2.04 bits per heavy atom. The molecule has 2 aromatic heterocycles. The predicted molar refractivity (Wildman–Crippen MR) is 106 cm³/mol. The molecule has 0 radical (unpaired) electrons. The first-order valence-corrected chi connectivity index (χ1v) is 9.69. The first kappa shape index (κ1) is 18.4. The van der Waals surface area contributed by atoms with Gasteiger partial charge in [-0.25, -0.2) is 9.36 Å². The lowest BCUT2D eigenvalue weighted by Crippen LogP contribution is -2.27. The lowest BCUT2D eigenvalue weighted by atomic mass is 9.98. The molecule has 0 atom stereocenters. The van der Waals surface area contributed by atoms with Crippen LogP contribution >= 0.6 is 0 Å². The topological polar surface area (TPSA) is 89.7 Å². The monoisotopic (exact) mass is 379 g/mol. The van der Waals surface area contributed by atoms with Gasteiger partial charge < -0.3 is 5.32 Å². The van der Waals surface area contributed by atoms with Crippen LogP contribution in [0.3, 0.4) is 0 Å². The van der Waals surface area contributed by atoms with Gasteiger partial charge >= 0.3 is 0 Å². The number of carbonyl (C=O) groups excluding carboxylic acids is 1. The number of benzene rings is 1. The summed E-state index contributed by atoms with van der Waals surface area (Å²) in [5.41, 5.74) is 2.02. The maximum Gasteiger partial charge on any atom is 0.227 e. The summed E-state index contributed by atoms with van der Waals surface area (Å²) in [6, 6.07) is 9.92. The fourth-order valence-corrected chi connectivity index (χ4v) is 3.42. The van der Waals surface area contributed by atoms with Crippen molar-refractivity contribution in [3.05, 3.63) is 54.1 Å². The number of aromatic nitrogens is 5. The minimum Gasteiger partial charge on any atom is -0.317 e. The molecule has 3 aromatic rings. The Kier molecular flexibility index (Phi) is 5.48. The number of aryl methyl sites for hydroxylation is 2. The van der Waals surface area contributed by atoms with E-state index in [1.807, 2.05) is 48.3 Å². The average molecular weight is 379 g/mol. The van der Waals surface area contributed by atoms with E-state index in [2.05, 4.69) is 25.8 Å². The highest BCUT2D eigenvalue weighted by molar-refractivity contribution is 5.89. The molecule has 1 fully saturated rings. The zero-order chi connectivity index (χ0) is 19.3. The third-order valence-corrected chi connectivity index (χ3v) is 5.03. The second-order valence-electron chi connectivity index (χ2n) is 7.12. The van der Waals surface area contributed by atoms with Gasteiger partial charge in [-0.05, 0) is 50.0 Å². The van der Waals surface area contributed by atoms with E-state index in [0.717, 1.165) is 43.0 Å². The summed E-state index contributed by atoms with van der Waals surface area (Å²) in [6.07, 6.45) is 6.82. The number of rotatable bonds is 6. The van der Waals surface area contributed by atoms with Gasteiger partial charge in [-0.15, -0.1) is 0 Å². The van der Waals surface area contributed by atoms with Gasteiger partial charge in [0.1, 0.15) is 0 Å². The SMILES string of the molecule is Cn1nc(C2CCNCC2)nc1NC(=O)CCc1cnn(-c2ccccc2)c1. The lowest BCUT2D eigenvalue weighted by Gasteiger charge is -2.19. The molecule has 8 nitrogen and oxygen atoms in total. The number of nitrogens with zero attached hydrogens (tertiary/aromatic N) is 5. The number of nitrogens with one attached hydrogen (secondary N) is 2. The number of anilines is 1. The van der Waals surface area contributed by atoms with Gasteiger partial charge in [-0.2, -0.15) is 15.2 Å². The highest BCUT2D eigenvalue weighted by Gasteiger charge is 2.21. The van der Waals surface area contributed by atoms with Gasteiger partial charge in [0.05, 0.1) is 11.9 Å². The molecule has 1 aliphatic rings. The molecule has 0 saturated carbocycles. The Morgan fingerprint density at radius 3 is 2.82 bits per heavy atom. The van der Waals surface area contributed by atoms with Crippen LogP contribution in [0.1, 0.15) is 36.6 Å². The molecule has 0 unspecified atom stereocenters. The molecule has 4 rings (SSSR count). The van der Waals surface area contributed by atoms with Crippen LogP contribution < -0.4 is 10.6 Å². The number of amides is 1. The Balaban J connectivity index is 1.32. The first-order valence-electron chi connectivity index (χ1n) is 9.69. The zero-order valence-corrected chi connectivity index (χ0v) is 16.0. The highest BCUT2D eigenvalue weighted by Crippen LogP contribution is 2.23. The van der Waals surface area contributed by atoms with Crippen molar-refractivity contribution in [2.75, 3.05) is 18.4 Å². The van der Waals surface area contributed by atoms with Gasteiger partial charge in [-0.3, -0.25) is 10.1 Å². The van der Waals surface area contributed by atoms with Gasteiger partial charge in [0.25, 0.3) is 0 Å². The molecule has 1 amide bonds. The summed E-state index contributed by atoms with van der Waals surface area (Å²) in [5, 5.41) is 15.1. The van der Waals surface area contributed by atoms with Crippen molar-refractivity contribution in [1.29, 1.82) is 0 Å². The van der Waals surface area contributed by atoms with Crippen molar-refractivity contribution in [3.63, 3.8) is 0 Å². The molecule has 146 valence electrons. The molecule has 3 heterocycles. The van der Waals surface area contributed by atoms with Gasteiger partial charge in [0, 0.05) is 25.6 Å². The van der Waals surface area contributed by atoms with Crippen LogP contribution in [0.4, 0.5) is 5.95 Å². The maximum absolute atomic E-state index is 12.4. The van der Waals surface area contributed by atoms with Crippen LogP contribution in [0, 0.1) is 0 Å². The maximum atomic E-state index is 12.4. The molecule has 1 aliphatic heterocycles. The molecule has 8 heteroatoms. The van der Waals surface area contributed by atoms with E-state index in [1.165, 1.54) is 0 Å². The van der Waals surface area contributed by atoms with E-state index >= 15 is 0 Å². The van der Waals surface area contributed by atoms with E-state index in [9.17, 15) is 4.79 Å². The largest absolute Gasteiger partial charge is 0.317 e. The average Bonchev–Trinajstić information content (AvgIpc) is 3.35. The normalized spacial score (nSPS) is 14.9. The summed E-state index contributed by atoms with van der Waals surface area (Å²) < 4.78 is 3.48. The summed E-state index contributed by atoms with van der Waals surface area (Å²) in [4.78, 5) is 16.9. The van der Waals surface area contributed by atoms with Crippen LogP contribution in [-0.4, -0.2) is 43.5 Å². The number of piperidine rings is 1. The number of hydrogen-bond acceptors (Lipinski definition) is 5. The van der Waals surface area contributed by atoms with E-state index in [4.69, 9.17) is 0 Å². The summed E-state index contributed by atoms with van der Waals surface area (Å²) in [6.45, 7) is 1.97. The third kappa shape index (κ3) is 4.28. The van der Waals surface area contributed by atoms with Gasteiger partial charge in [0.15, 0.2) is 5.82 Å². The van der Waals surface area contributed by atoms with Crippen LogP contribution in [-0.2, 0) is 18.3 Å². The summed E-state index contributed by atoms with van der Waals surface area (Å²) in [5.74, 6) is 1.63. The van der Waals surface area contributed by atoms with Crippen LogP contribution in [0.5, 0.6) is 0 Å². The fraction of sp³-hybridized carbons (Fsp3) is 0.400. The minimum atomic E-state index is -0.0696. The van der Waals surface area contributed by atoms with E-state index in [1.54, 1.807) is 10.9 Å². The van der Waals surface area contributed by atoms with E-state index in [-0.39, 0.29) is 5.91 Å². The van der Waals surface area contributed by atoms with Crippen LogP contribution in [0.15, 0.2) is 42.7 Å². The fourth-order valence-electron chi connectivity index (χ4n) is 3.42. The molecule has 0 bridgehead atoms. The van der Waals surface area contributed by atoms with E-state index in [0.29, 0.717) is 24.7 Å². The van der Waals surface area contributed by atoms with Crippen molar-refractivity contribution in [2.24, 2.45) is 7.05 Å². The Morgan fingerprint density at radius 1 is 1.25 bits per heavy atom. The minimum absolute atomic E-state index is 0.0696. The number of carbonyl (C=O) groups is 1. The first-order chi connectivity index (χ1) is 13.7. The Bertz CT molecular complexity index is 925. The molecule has 2 N–H and O–H groups in total. The van der Waals surface area contributed by atoms with E-state index < -0.39 is 0 Å². The Hall–Kier alpha value is -3.00. The van der Waals surface area contributed by atoms with Crippen molar-refractivity contribution >= 4 is 11.9 Å². The quantitative estimate of drug-likeness (QED) is 0.684. The summed E-state index contributed by atoms with van der Waals surface area (Å²) >= 11 is 0. The molecule has 1 aromatic carbocycles. The molecular weight excluding hydrogens is 354 g/mol. The second kappa shape index (κ2) is 8.35. The standard InChI is InChI=1S/C20H25N7O/c1-26-20(24-19(25-26)16-9-11-21-12-10-16)23-18(28)8-7-15-13-22-27(14-15)17-5-3-2-4-6-17/h2-6,13-14,16,21H,7-12H2,1H3,(H,23,24,25,28). The molecule has 1 saturated heterocycles. The Labute approximate surface area is 164 Å². The van der Waals surface area contributed by atoms with Crippen molar-refractivity contribution in [1.82, 2.24) is 29.9 Å². The molecule has 28 heavy (non-hydrogen) atoms. The zero-order valence-electron chi connectivity index (χ0n) is 16.0. The molecule has 0 spiro atoms. The van der Waals surface area contributed by atoms with Crippen molar-refractivity contribution < 1.29 is 4.79 Å². The molecular formula is C20H25N7O. The van der Waals surface area contributed by atoms with Gasteiger partial charge in [-0.1, -0.05) is 18.2 Å². The molecule has 0 aliphatic carbocycles. The number of para-hydroxylation sites is 1.